The van der Waals surface area contributed by atoms with E-state index in [1.165, 1.54) is 4.90 Å². The standard InChI is InChI=1S/C24H25ClN4O5/c1-2-22(31)29-14-24(12-20(29)23(26)32)11-19(28-34-24)15-4-3-5-17(10-15)27-21(30)13-33-18-8-6-16(25)7-9-18/h3-10,20H,2,11-14H2,1H3,(H2,26,32)(H,27,30)/t20-,24?/m1/s1. The first kappa shape index (κ1) is 23.6. The van der Waals surface area contributed by atoms with E-state index in [4.69, 9.17) is 26.9 Å². The van der Waals surface area contributed by atoms with E-state index >= 15 is 0 Å². The molecule has 2 aliphatic rings. The van der Waals surface area contributed by atoms with Crippen LogP contribution in [0.25, 0.3) is 0 Å². The predicted molar refractivity (Wildman–Crippen MR) is 127 cm³/mol. The van der Waals surface area contributed by atoms with Gasteiger partial charge in [0.25, 0.3) is 5.91 Å². The van der Waals surface area contributed by atoms with Gasteiger partial charge in [-0.1, -0.05) is 35.8 Å². The Kier molecular flexibility index (Phi) is 6.74. The molecule has 4 rings (SSSR count). The van der Waals surface area contributed by atoms with E-state index in [1.54, 1.807) is 49.4 Å². The summed E-state index contributed by atoms with van der Waals surface area (Å²) in [5.74, 6) is -0.482. The highest BCUT2D eigenvalue weighted by molar-refractivity contribution is 6.30. The van der Waals surface area contributed by atoms with Crippen LogP contribution in [-0.2, 0) is 19.2 Å². The maximum absolute atomic E-state index is 12.3. The van der Waals surface area contributed by atoms with Crippen LogP contribution in [-0.4, -0.2) is 53.1 Å². The molecule has 1 saturated heterocycles. The minimum atomic E-state index is -0.786. The number of carbonyl (C=O) groups excluding carboxylic acids is 3. The number of nitrogens with two attached hydrogens (primary N) is 1. The molecule has 34 heavy (non-hydrogen) atoms. The third-order valence-electron chi connectivity index (χ3n) is 5.85. The largest absolute Gasteiger partial charge is 0.484 e. The van der Waals surface area contributed by atoms with Crippen molar-refractivity contribution >= 4 is 40.7 Å². The van der Waals surface area contributed by atoms with Gasteiger partial charge in [0.2, 0.25) is 11.8 Å². The molecule has 0 aliphatic carbocycles. The first-order chi connectivity index (χ1) is 16.3. The number of amides is 3. The van der Waals surface area contributed by atoms with Crippen LogP contribution < -0.4 is 15.8 Å². The smallest absolute Gasteiger partial charge is 0.262 e. The van der Waals surface area contributed by atoms with Crippen molar-refractivity contribution in [3.05, 3.63) is 59.1 Å². The molecule has 1 spiro atoms. The van der Waals surface area contributed by atoms with Crippen molar-refractivity contribution in [2.75, 3.05) is 18.5 Å². The van der Waals surface area contributed by atoms with Crippen LogP contribution in [0.3, 0.4) is 0 Å². The van der Waals surface area contributed by atoms with Crippen LogP contribution in [0.4, 0.5) is 5.69 Å². The highest BCUT2D eigenvalue weighted by atomic mass is 35.5. The quantitative estimate of drug-likeness (QED) is 0.625. The normalized spacial score (nSPS) is 21.2. The third-order valence-corrected chi connectivity index (χ3v) is 6.11. The molecule has 9 nitrogen and oxygen atoms in total. The van der Waals surface area contributed by atoms with Crippen molar-refractivity contribution in [3.8, 4) is 5.75 Å². The Morgan fingerprint density at radius 2 is 2.03 bits per heavy atom. The molecule has 0 radical (unpaired) electrons. The molecule has 3 amide bonds. The fraction of sp³-hybridized carbons (Fsp3) is 0.333. The van der Waals surface area contributed by atoms with Gasteiger partial charge in [-0.3, -0.25) is 14.4 Å². The van der Waals surface area contributed by atoms with Crippen LogP contribution in [0, 0.1) is 0 Å². The summed E-state index contributed by atoms with van der Waals surface area (Å²) in [4.78, 5) is 43.8. The molecule has 0 bridgehead atoms. The highest BCUT2D eigenvalue weighted by Gasteiger charge is 2.52. The molecule has 2 atom stereocenters. The van der Waals surface area contributed by atoms with E-state index < -0.39 is 17.6 Å². The van der Waals surface area contributed by atoms with Gasteiger partial charge in [0.1, 0.15) is 11.8 Å². The van der Waals surface area contributed by atoms with Crippen molar-refractivity contribution in [1.82, 2.24) is 4.90 Å². The number of halogens is 1. The number of oxime groups is 1. The zero-order chi connectivity index (χ0) is 24.3. The van der Waals surface area contributed by atoms with Gasteiger partial charge in [-0.25, -0.2) is 0 Å². The van der Waals surface area contributed by atoms with Crippen molar-refractivity contribution < 1.29 is 24.0 Å². The number of ether oxygens (including phenoxy) is 1. The van der Waals surface area contributed by atoms with Gasteiger partial charge in [0, 0.05) is 35.5 Å². The third kappa shape index (κ3) is 5.14. The lowest BCUT2D eigenvalue weighted by molar-refractivity contribution is -0.137. The number of likely N-dealkylation sites (tertiary alicyclic amines) is 1. The average Bonchev–Trinajstić information content (AvgIpc) is 3.42. The van der Waals surface area contributed by atoms with Gasteiger partial charge in [-0.05, 0) is 36.4 Å². The van der Waals surface area contributed by atoms with Crippen molar-refractivity contribution in [1.29, 1.82) is 0 Å². The lowest BCUT2D eigenvalue weighted by Gasteiger charge is -2.22. The Balaban J connectivity index is 1.38. The molecular formula is C24H25ClN4O5. The zero-order valence-electron chi connectivity index (χ0n) is 18.6. The maximum atomic E-state index is 12.3. The van der Waals surface area contributed by atoms with Crippen molar-refractivity contribution in [3.63, 3.8) is 0 Å². The number of carbonyl (C=O) groups is 3. The van der Waals surface area contributed by atoms with E-state index in [1.807, 2.05) is 6.07 Å². The van der Waals surface area contributed by atoms with Crippen LogP contribution in [0.2, 0.25) is 5.02 Å². The van der Waals surface area contributed by atoms with Gasteiger partial charge < -0.3 is 25.5 Å². The molecule has 2 heterocycles. The predicted octanol–water partition coefficient (Wildman–Crippen LogP) is 2.72. The van der Waals surface area contributed by atoms with E-state index in [0.29, 0.717) is 35.0 Å². The van der Waals surface area contributed by atoms with E-state index in [0.717, 1.165) is 5.56 Å². The van der Waals surface area contributed by atoms with Crippen LogP contribution in [0.1, 0.15) is 31.7 Å². The lowest BCUT2D eigenvalue weighted by Crippen LogP contribution is -2.43. The van der Waals surface area contributed by atoms with E-state index in [2.05, 4.69) is 10.5 Å². The van der Waals surface area contributed by atoms with Crippen molar-refractivity contribution in [2.24, 2.45) is 10.9 Å². The summed E-state index contributed by atoms with van der Waals surface area (Å²) in [5, 5.41) is 7.62. The Morgan fingerprint density at radius 1 is 1.26 bits per heavy atom. The Hall–Kier alpha value is -3.59. The first-order valence-corrected chi connectivity index (χ1v) is 11.3. The number of benzene rings is 2. The Morgan fingerprint density at radius 3 is 2.74 bits per heavy atom. The van der Waals surface area contributed by atoms with Gasteiger partial charge in [-0.15, -0.1) is 0 Å². The van der Waals surface area contributed by atoms with Crippen molar-refractivity contribution in [2.45, 2.75) is 37.8 Å². The molecule has 178 valence electrons. The average molecular weight is 485 g/mol. The summed E-state index contributed by atoms with van der Waals surface area (Å²) in [6.07, 6.45) is 0.984. The summed E-state index contributed by atoms with van der Waals surface area (Å²) in [7, 11) is 0. The first-order valence-electron chi connectivity index (χ1n) is 10.9. The molecule has 3 N–H and O–H groups in total. The summed E-state index contributed by atoms with van der Waals surface area (Å²) < 4.78 is 5.47. The zero-order valence-corrected chi connectivity index (χ0v) is 19.4. The molecule has 1 unspecified atom stereocenters. The fourth-order valence-electron chi connectivity index (χ4n) is 4.19. The molecule has 2 aliphatic heterocycles. The SMILES string of the molecule is CCC(=O)N1CC2(CC(c3cccc(NC(=O)COc4ccc(Cl)cc4)c3)=NO2)C[C@@H]1C(N)=O. The second-order valence-electron chi connectivity index (χ2n) is 8.36. The van der Waals surface area contributed by atoms with Crippen LogP contribution in [0.15, 0.2) is 53.7 Å². The number of anilines is 1. The summed E-state index contributed by atoms with van der Waals surface area (Å²) in [6, 6.07) is 13.2. The molecule has 1 fully saturated rings. The number of nitrogens with one attached hydrogen (secondary N) is 1. The summed E-state index contributed by atoms with van der Waals surface area (Å²) in [5.41, 5.74) is 6.76. The fourth-order valence-corrected chi connectivity index (χ4v) is 4.32. The summed E-state index contributed by atoms with van der Waals surface area (Å²) >= 11 is 5.85. The number of nitrogens with zero attached hydrogens (tertiary/aromatic N) is 2. The van der Waals surface area contributed by atoms with Crippen LogP contribution >= 0.6 is 11.6 Å². The number of hydrogen-bond acceptors (Lipinski definition) is 6. The lowest BCUT2D eigenvalue weighted by atomic mass is 9.91. The highest BCUT2D eigenvalue weighted by Crippen LogP contribution is 2.39. The topological polar surface area (TPSA) is 123 Å². The minimum absolute atomic E-state index is 0.150. The minimum Gasteiger partial charge on any atom is -0.484 e. The summed E-state index contributed by atoms with van der Waals surface area (Å²) in [6.45, 7) is 1.83. The molecule has 2 aromatic rings. The Labute approximate surface area is 201 Å². The molecular weight excluding hydrogens is 460 g/mol. The molecule has 0 aromatic heterocycles. The number of rotatable bonds is 7. The molecule has 0 saturated carbocycles. The number of primary amides is 1. The second kappa shape index (κ2) is 9.72. The Bertz CT molecular complexity index is 1140. The van der Waals surface area contributed by atoms with Crippen LogP contribution in [0.5, 0.6) is 5.75 Å². The van der Waals surface area contributed by atoms with Gasteiger partial charge >= 0.3 is 0 Å². The van der Waals surface area contributed by atoms with E-state index in [9.17, 15) is 14.4 Å². The maximum Gasteiger partial charge on any atom is 0.262 e. The number of hydrogen-bond donors (Lipinski definition) is 2. The molecule has 2 aromatic carbocycles. The second-order valence-corrected chi connectivity index (χ2v) is 8.79. The van der Waals surface area contributed by atoms with Gasteiger partial charge in [-0.2, -0.15) is 0 Å². The monoisotopic (exact) mass is 484 g/mol. The van der Waals surface area contributed by atoms with E-state index in [-0.39, 0.29) is 31.4 Å². The molecule has 10 heteroatoms. The van der Waals surface area contributed by atoms with Gasteiger partial charge in [0.15, 0.2) is 12.2 Å². The van der Waals surface area contributed by atoms with Gasteiger partial charge in [0.05, 0.1) is 12.3 Å².